The summed E-state index contributed by atoms with van der Waals surface area (Å²) < 4.78 is 4.83. The van der Waals surface area contributed by atoms with E-state index in [-0.39, 0.29) is 0 Å². The van der Waals surface area contributed by atoms with E-state index < -0.39 is 0 Å². The van der Waals surface area contributed by atoms with Gasteiger partial charge in [-0.2, -0.15) is 0 Å². The molecule has 0 saturated carbocycles. The van der Waals surface area contributed by atoms with Gasteiger partial charge in [0.05, 0.1) is 33.5 Å². The van der Waals surface area contributed by atoms with Crippen LogP contribution in [0.5, 0.6) is 0 Å². The molecule has 4 nitrogen and oxygen atoms in total. The molecule has 0 bridgehead atoms. The molecule has 0 radical (unpaired) electrons. The quantitative estimate of drug-likeness (QED) is 0.161. The van der Waals surface area contributed by atoms with E-state index in [0.717, 1.165) is 50.5 Å². The summed E-state index contributed by atoms with van der Waals surface area (Å²) in [6.45, 7) is 0. The summed E-state index contributed by atoms with van der Waals surface area (Å²) in [5.74, 6) is 0.691. The third kappa shape index (κ3) is 6.00. The van der Waals surface area contributed by atoms with Crippen LogP contribution in [0.4, 0.5) is 0 Å². The van der Waals surface area contributed by atoms with Gasteiger partial charge in [0.2, 0.25) is 0 Å². The molecule has 0 spiro atoms. The van der Waals surface area contributed by atoms with Gasteiger partial charge >= 0.3 is 0 Å². The zero-order valence-corrected chi connectivity index (χ0v) is 33.7. The highest BCUT2D eigenvalue weighted by Gasteiger charge is 2.21. The van der Waals surface area contributed by atoms with Crippen LogP contribution in [0.1, 0.15) is 0 Å². The fourth-order valence-electron chi connectivity index (χ4n) is 9.19. The van der Waals surface area contributed by atoms with Gasteiger partial charge in [0.1, 0.15) is 0 Å². The first-order valence-electron chi connectivity index (χ1n) is 21.1. The van der Waals surface area contributed by atoms with Crippen LogP contribution in [-0.4, -0.2) is 19.1 Å². The summed E-state index contributed by atoms with van der Waals surface area (Å²) >= 11 is 0. The molecule has 0 aliphatic carbocycles. The van der Waals surface area contributed by atoms with Crippen LogP contribution in [0.15, 0.2) is 231 Å². The Kier molecular flexibility index (Phi) is 8.46. The lowest BCUT2D eigenvalue weighted by Gasteiger charge is -2.12. The minimum atomic E-state index is 0.691. The summed E-state index contributed by atoms with van der Waals surface area (Å²) in [5.41, 5.74) is 16.5. The van der Waals surface area contributed by atoms with Crippen LogP contribution in [0.2, 0.25) is 0 Å². The molecule has 0 fully saturated rings. The number of nitrogens with zero attached hydrogens (tertiary/aromatic N) is 4. The van der Waals surface area contributed by atoms with Crippen molar-refractivity contribution in [3.63, 3.8) is 0 Å². The monoisotopic (exact) mass is 790 g/mol. The van der Waals surface area contributed by atoms with Crippen LogP contribution in [0.3, 0.4) is 0 Å². The van der Waals surface area contributed by atoms with Crippen molar-refractivity contribution < 1.29 is 0 Å². The Morgan fingerprint density at radius 3 is 1.32 bits per heavy atom. The zero-order valence-electron chi connectivity index (χ0n) is 33.7. The number of para-hydroxylation sites is 3. The van der Waals surface area contributed by atoms with Gasteiger partial charge in [-0.05, 0) is 70.8 Å². The average Bonchev–Trinajstić information content (AvgIpc) is 3.88. The summed E-state index contributed by atoms with van der Waals surface area (Å²) in [6.07, 6.45) is 0. The van der Waals surface area contributed by atoms with E-state index >= 15 is 0 Å². The van der Waals surface area contributed by atoms with Gasteiger partial charge in [-0.1, -0.05) is 182 Å². The van der Waals surface area contributed by atoms with Crippen molar-refractivity contribution in [2.24, 2.45) is 0 Å². The molecule has 12 aromatic rings. The predicted octanol–water partition coefficient (Wildman–Crippen LogP) is 15.0. The first-order valence-corrected chi connectivity index (χ1v) is 21.1. The third-order valence-corrected chi connectivity index (χ3v) is 12.2. The van der Waals surface area contributed by atoms with Crippen molar-refractivity contribution >= 4 is 43.6 Å². The third-order valence-electron chi connectivity index (χ3n) is 12.2. The largest absolute Gasteiger partial charge is 0.309 e. The standard InChI is InChI=1S/C58H38N4/c1-4-14-39(15-5-1)40-24-26-41(27-25-40)42-28-30-45(31-29-42)58-59-51(43-16-6-2-7-17-43)38-52(60-58)44-32-34-47(35-33-44)61-54-23-13-11-21-50(54)56-55(61)37-36-49-48-20-10-12-22-53(48)62(57(49)56)46-18-8-3-9-19-46/h1-38H. The molecule has 3 heterocycles. The van der Waals surface area contributed by atoms with Gasteiger partial charge in [-0.25, -0.2) is 9.97 Å². The molecule has 4 heteroatoms. The highest BCUT2D eigenvalue weighted by atomic mass is 15.0. The van der Waals surface area contributed by atoms with Gasteiger partial charge < -0.3 is 9.13 Å². The number of rotatable bonds is 7. The lowest BCUT2D eigenvalue weighted by Crippen LogP contribution is -1.97. The Labute approximate surface area is 359 Å². The Morgan fingerprint density at radius 2 is 0.710 bits per heavy atom. The molecular weight excluding hydrogens is 753 g/mol. The van der Waals surface area contributed by atoms with Crippen molar-refractivity contribution in [2.75, 3.05) is 0 Å². The van der Waals surface area contributed by atoms with E-state index in [0.29, 0.717) is 5.82 Å². The van der Waals surface area contributed by atoms with Crippen LogP contribution < -0.4 is 0 Å². The maximum Gasteiger partial charge on any atom is 0.160 e. The Morgan fingerprint density at radius 1 is 0.274 bits per heavy atom. The number of hydrogen-bond donors (Lipinski definition) is 0. The molecule has 0 aliphatic rings. The molecule has 0 amide bonds. The highest BCUT2D eigenvalue weighted by Crippen LogP contribution is 2.42. The second-order valence-electron chi connectivity index (χ2n) is 15.8. The maximum atomic E-state index is 5.21. The molecule has 0 saturated heterocycles. The van der Waals surface area contributed by atoms with Crippen molar-refractivity contribution in [1.29, 1.82) is 0 Å². The van der Waals surface area contributed by atoms with Crippen LogP contribution >= 0.6 is 0 Å². The summed E-state index contributed by atoms with van der Waals surface area (Å²) in [5, 5.41) is 4.96. The summed E-state index contributed by atoms with van der Waals surface area (Å²) in [6, 6.07) is 82.0. The van der Waals surface area contributed by atoms with Crippen molar-refractivity contribution in [2.45, 2.75) is 0 Å². The molecule has 62 heavy (non-hydrogen) atoms. The molecule has 290 valence electrons. The van der Waals surface area contributed by atoms with Crippen LogP contribution in [-0.2, 0) is 0 Å². The van der Waals surface area contributed by atoms with Crippen LogP contribution in [0.25, 0.3) is 111 Å². The molecule has 12 rings (SSSR count). The topological polar surface area (TPSA) is 35.6 Å². The van der Waals surface area contributed by atoms with Crippen LogP contribution in [0, 0.1) is 0 Å². The van der Waals surface area contributed by atoms with Gasteiger partial charge in [-0.15, -0.1) is 0 Å². The number of aromatic nitrogens is 4. The Hall–Kier alpha value is -8.34. The van der Waals surface area contributed by atoms with Gasteiger partial charge in [-0.3, -0.25) is 0 Å². The number of hydrogen-bond acceptors (Lipinski definition) is 2. The molecule has 0 unspecified atom stereocenters. The van der Waals surface area contributed by atoms with E-state index in [1.165, 1.54) is 54.8 Å². The normalized spacial score (nSPS) is 11.5. The smallest absolute Gasteiger partial charge is 0.160 e. The maximum absolute atomic E-state index is 5.21. The summed E-state index contributed by atoms with van der Waals surface area (Å²) in [7, 11) is 0. The zero-order chi connectivity index (χ0) is 41.0. The highest BCUT2D eigenvalue weighted by molar-refractivity contribution is 6.26. The molecule has 3 aromatic heterocycles. The van der Waals surface area contributed by atoms with E-state index in [1.807, 2.05) is 12.1 Å². The molecule has 9 aromatic carbocycles. The number of benzene rings is 9. The summed E-state index contributed by atoms with van der Waals surface area (Å²) in [4.78, 5) is 10.3. The van der Waals surface area contributed by atoms with Crippen molar-refractivity contribution in [3.05, 3.63) is 231 Å². The minimum Gasteiger partial charge on any atom is -0.309 e. The lowest BCUT2D eigenvalue weighted by molar-refractivity contribution is 1.17. The number of fused-ring (bicyclic) bond motifs is 7. The van der Waals surface area contributed by atoms with E-state index in [2.05, 4.69) is 228 Å². The molecular formula is C58H38N4. The average molecular weight is 791 g/mol. The van der Waals surface area contributed by atoms with Crippen molar-refractivity contribution in [3.8, 4) is 67.5 Å². The molecule has 0 aliphatic heterocycles. The fraction of sp³-hybridized carbons (Fsp3) is 0. The van der Waals surface area contributed by atoms with E-state index in [4.69, 9.17) is 9.97 Å². The minimum absolute atomic E-state index is 0.691. The SMILES string of the molecule is c1ccc(-c2ccc(-c3ccc(-c4nc(-c5ccccc5)cc(-c5ccc(-n6c7ccccc7c7c6ccc6c8ccccc8n(-c8ccccc8)c67)cc5)n4)cc3)cc2)cc1. The Bertz CT molecular complexity index is 3570. The first-order chi connectivity index (χ1) is 30.7. The second kappa shape index (κ2) is 14.7. The van der Waals surface area contributed by atoms with Gasteiger partial charge in [0.15, 0.2) is 5.82 Å². The first kappa shape index (κ1) is 35.6. The van der Waals surface area contributed by atoms with E-state index in [9.17, 15) is 0 Å². The fourth-order valence-corrected chi connectivity index (χ4v) is 9.19. The molecule has 0 atom stereocenters. The lowest BCUT2D eigenvalue weighted by atomic mass is 9.99. The van der Waals surface area contributed by atoms with Gasteiger partial charge in [0.25, 0.3) is 0 Å². The van der Waals surface area contributed by atoms with E-state index in [1.54, 1.807) is 0 Å². The molecule has 0 N–H and O–H groups in total. The Balaban J connectivity index is 0.951. The predicted molar refractivity (Wildman–Crippen MR) is 258 cm³/mol. The second-order valence-corrected chi connectivity index (χ2v) is 15.8. The van der Waals surface area contributed by atoms with Crippen molar-refractivity contribution in [1.82, 2.24) is 19.1 Å². The van der Waals surface area contributed by atoms with Gasteiger partial charge in [0, 0.05) is 49.6 Å².